The highest BCUT2D eigenvalue weighted by Crippen LogP contribution is 2.42. The lowest BCUT2D eigenvalue weighted by Gasteiger charge is -2.42. The van der Waals surface area contributed by atoms with Gasteiger partial charge in [-0.15, -0.1) is 0 Å². The first-order chi connectivity index (χ1) is 19.2. The van der Waals surface area contributed by atoms with Crippen LogP contribution in [0.25, 0.3) is 5.65 Å². The minimum Gasteiger partial charge on any atom is -0.375 e. The molecule has 1 aromatic carbocycles. The number of carbonyl (C=O) groups excluding carboxylic acids is 1. The van der Waals surface area contributed by atoms with Crippen LogP contribution in [0.1, 0.15) is 44.0 Å². The molecule has 4 aliphatic heterocycles. The van der Waals surface area contributed by atoms with Crippen LogP contribution >= 0.6 is 0 Å². The van der Waals surface area contributed by atoms with Crippen LogP contribution in [0.3, 0.4) is 0 Å². The molecule has 2 bridgehead atoms. The van der Waals surface area contributed by atoms with Crippen LogP contribution in [-0.2, 0) is 21.4 Å². The molecular formula is C30H38FN7O2. The van der Waals surface area contributed by atoms with Gasteiger partial charge in [0.15, 0.2) is 5.65 Å². The number of pyridine rings is 1. The Hall–Kier alpha value is -2.92. The monoisotopic (exact) mass is 547 g/mol. The smallest absolute Gasteiger partial charge is 0.241 e. The van der Waals surface area contributed by atoms with E-state index in [0.717, 1.165) is 67.4 Å². The molecule has 0 spiro atoms. The van der Waals surface area contributed by atoms with Crippen molar-refractivity contribution >= 4 is 17.2 Å². The summed E-state index contributed by atoms with van der Waals surface area (Å²) in [6, 6.07) is 9.79. The second-order valence-electron chi connectivity index (χ2n) is 12.8. The number of carbonyl (C=O) groups is 1. The number of hydrogen-bond acceptors (Lipinski definition) is 7. The summed E-state index contributed by atoms with van der Waals surface area (Å²) in [4.78, 5) is 25.6. The van der Waals surface area contributed by atoms with Crippen molar-refractivity contribution in [2.45, 2.75) is 63.3 Å². The lowest BCUT2D eigenvalue weighted by Crippen LogP contribution is -2.61. The van der Waals surface area contributed by atoms with E-state index in [9.17, 15) is 9.18 Å². The maximum Gasteiger partial charge on any atom is 0.241 e. The van der Waals surface area contributed by atoms with E-state index in [1.54, 1.807) is 18.5 Å². The van der Waals surface area contributed by atoms with E-state index in [0.29, 0.717) is 37.7 Å². The fourth-order valence-corrected chi connectivity index (χ4v) is 7.24. The summed E-state index contributed by atoms with van der Waals surface area (Å²) in [5, 5.41) is 8.22. The number of benzene rings is 1. The molecule has 1 N–H and O–H groups in total. The van der Waals surface area contributed by atoms with Gasteiger partial charge in [0.25, 0.3) is 0 Å². The van der Waals surface area contributed by atoms with E-state index in [1.165, 1.54) is 12.1 Å². The Labute approximate surface area is 234 Å². The highest BCUT2D eigenvalue weighted by molar-refractivity contribution is 5.97. The summed E-state index contributed by atoms with van der Waals surface area (Å²) in [5.41, 5.74) is 4.37. The average Bonchev–Trinajstić information content (AvgIpc) is 3.71. The summed E-state index contributed by atoms with van der Waals surface area (Å²) in [7, 11) is 0. The van der Waals surface area contributed by atoms with Crippen molar-refractivity contribution in [2.75, 3.05) is 50.8 Å². The van der Waals surface area contributed by atoms with Gasteiger partial charge in [-0.05, 0) is 37.1 Å². The van der Waals surface area contributed by atoms with Crippen molar-refractivity contribution in [2.24, 2.45) is 0 Å². The summed E-state index contributed by atoms with van der Waals surface area (Å²) >= 11 is 0. The zero-order valence-corrected chi connectivity index (χ0v) is 23.5. The van der Waals surface area contributed by atoms with Gasteiger partial charge >= 0.3 is 0 Å². The van der Waals surface area contributed by atoms with Crippen molar-refractivity contribution in [3.05, 3.63) is 59.3 Å². The summed E-state index contributed by atoms with van der Waals surface area (Å²) < 4.78 is 21.3. The van der Waals surface area contributed by atoms with E-state index < -0.39 is 0 Å². The second kappa shape index (κ2) is 9.87. The largest absolute Gasteiger partial charge is 0.375 e. The van der Waals surface area contributed by atoms with E-state index in [-0.39, 0.29) is 23.2 Å². The van der Waals surface area contributed by atoms with Crippen molar-refractivity contribution < 1.29 is 13.9 Å². The number of nitrogens with zero attached hydrogens (tertiary/aromatic N) is 6. The third-order valence-corrected chi connectivity index (χ3v) is 9.22. The number of halogens is 1. The molecule has 3 fully saturated rings. The van der Waals surface area contributed by atoms with Gasteiger partial charge in [0, 0.05) is 68.2 Å². The number of piperazine rings is 1. The number of nitrogens with one attached hydrogen (secondary N) is 1. The van der Waals surface area contributed by atoms with Crippen molar-refractivity contribution in [1.82, 2.24) is 29.7 Å². The summed E-state index contributed by atoms with van der Waals surface area (Å²) in [6.07, 6.45) is 3.66. The zero-order valence-electron chi connectivity index (χ0n) is 23.5. The highest BCUT2D eigenvalue weighted by Gasteiger charge is 2.44. The van der Waals surface area contributed by atoms with Gasteiger partial charge in [-0.1, -0.05) is 26.0 Å². The number of likely N-dealkylation sites (tertiary alicyclic amines) is 1. The van der Waals surface area contributed by atoms with Crippen LogP contribution in [-0.4, -0.2) is 100 Å². The zero-order chi connectivity index (χ0) is 27.6. The summed E-state index contributed by atoms with van der Waals surface area (Å²) in [6.45, 7) is 12.0. The molecule has 9 nitrogen and oxygen atoms in total. The first-order valence-corrected chi connectivity index (χ1v) is 14.5. The maximum absolute atomic E-state index is 14.1. The number of morpholine rings is 1. The Morgan fingerprint density at radius 1 is 1.20 bits per heavy atom. The van der Waals surface area contributed by atoms with Crippen LogP contribution in [0.15, 0.2) is 36.7 Å². The SMILES string of the molecule is C[C@@H]1CN(CC(=O)N2CC(C)(C)c3c2cc(Cc2ccc(F)cc2)c2ncnn32)[C@@H](CN2CC3CC2CO3)CN1. The number of amides is 1. The molecule has 3 saturated heterocycles. The molecule has 2 unspecified atom stereocenters. The first-order valence-electron chi connectivity index (χ1n) is 14.5. The van der Waals surface area contributed by atoms with Crippen LogP contribution in [0.4, 0.5) is 10.1 Å². The lowest BCUT2D eigenvalue weighted by molar-refractivity contribution is -0.121. The topological polar surface area (TPSA) is 78.2 Å². The molecule has 6 heterocycles. The van der Waals surface area contributed by atoms with Gasteiger partial charge in [0.05, 0.1) is 30.6 Å². The Bertz CT molecular complexity index is 1420. The molecule has 4 atom stereocenters. The van der Waals surface area contributed by atoms with E-state index in [2.05, 4.69) is 52.0 Å². The third-order valence-electron chi connectivity index (χ3n) is 9.22. The van der Waals surface area contributed by atoms with Crippen LogP contribution in [0, 0.1) is 5.82 Å². The number of ether oxygens (including phenoxy) is 1. The molecule has 0 aliphatic carbocycles. The third kappa shape index (κ3) is 4.60. The molecule has 2 aromatic heterocycles. The Balaban J connectivity index is 1.16. The van der Waals surface area contributed by atoms with Gasteiger partial charge in [0.2, 0.25) is 5.91 Å². The molecule has 10 heteroatoms. The Morgan fingerprint density at radius 2 is 2.02 bits per heavy atom. The number of fused-ring (bicyclic) bond motifs is 5. The highest BCUT2D eigenvalue weighted by atomic mass is 19.1. The second-order valence-corrected chi connectivity index (χ2v) is 12.8. The van der Waals surface area contributed by atoms with Crippen molar-refractivity contribution in [3.63, 3.8) is 0 Å². The van der Waals surface area contributed by atoms with E-state index in [4.69, 9.17) is 4.74 Å². The average molecular weight is 548 g/mol. The Morgan fingerprint density at radius 3 is 2.77 bits per heavy atom. The van der Waals surface area contributed by atoms with Gasteiger partial charge in [0.1, 0.15) is 12.1 Å². The molecule has 7 rings (SSSR count). The molecule has 3 aromatic rings. The normalized spacial score (nSPS) is 28.1. The van der Waals surface area contributed by atoms with Gasteiger partial charge < -0.3 is 15.0 Å². The van der Waals surface area contributed by atoms with Gasteiger partial charge in [-0.25, -0.2) is 13.9 Å². The first kappa shape index (κ1) is 26.0. The summed E-state index contributed by atoms with van der Waals surface area (Å²) in [5.74, 6) is -0.139. The number of aromatic nitrogens is 3. The molecule has 0 saturated carbocycles. The van der Waals surface area contributed by atoms with Crippen LogP contribution < -0.4 is 10.2 Å². The fraction of sp³-hybridized carbons (Fsp3) is 0.567. The number of anilines is 1. The molecule has 212 valence electrons. The minimum absolute atomic E-state index is 0.115. The van der Waals surface area contributed by atoms with Crippen LogP contribution in [0.2, 0.25) is 0 Å². The molecule has 4 aliphatic rings. The molecule has 0 radical (unpaired) electrons. The minimum atomic E-state index is -0.281. The predicted octanol–water partition coefficient (Wildman–Crippen LogP) is 2.22. The van der Waals surface area contributed by atoms with Crippen LogP contribution in [0.5, 0.6) is 0 Å². The van der Waals surface area contributed by atoms with E-state index >= 15 is 0 Å². The maximum atomic E-state index is 14.1. The molecular weight excluding hydrogens is 509 g/mol. The van der Waals surface area contributed by atoms with E-state index in [1.807, 2.05) is 9.42 Å². The molecule has 1 amide bonds. The van der Waals surface area contributed by atoms with Crippen molar-refractivity contribution in [3.8, 4) is 0 Å². The number of rotatable bonds is 6. The standard InChI is InChI=1S/C30H38FN7O2/c1-19-12-35(24(11-32-19)13-36-14-25-10-23(36)16-40-25)15-27(39)37-17-30(2,3)28-26(37)9-21(29-33-18-34-38(28)29)8-20-4-6-22(31)7-5-20/h4-7,9,18-19,23-25,32H,8,10-17H2,1-3H3/t19-,23?,24-,25?/m1/s1. The van der Waals surface area contributed by atoms with Gasteiger partial charge in [-0.2, -0.15) is 5.10 Å². The number of hydrogen-bond donors (Lipinski definition) is 1. The van der Waals surface area contributed by atoms with Gasteiger partial charge in [-0.3, -0.25) is 14.6 Å². The predicted molar refractivity (Wildman–Crippen MR) is 150 cm³/mol. The Kier molecular flexibility index (Phi) is 6.42. The quantitative estimate of drug-likeness (QED) is 0.507. The molecule has 40 heavy (non-hydrogen) atoms. The fourth-order valence-electron chi connectivity index (χ4n) is 7.24. The van der Waals surface area contributed by atoms with Crippen molar-refractivity contribution in [1.29, 1.82) is 0 Å². The lowest BCUT2D eigenvalue weighted by atomic mass is 9.90.